The van der Waals surface area contributed by atoms with Crippen LogP contribution < -0.4 is 4.74 Å². The standard InChI is InChI=1S/C10H12F2N2O3/c1-6-4-5-13-8(17-10(11)12)7(6)9(15)14(2)16-3/h4-5,10H,1-3H3. The van der Waals surface area contributed by atoms with Crippen molar-refractivity contribution in [2.75, 3.05) is 14.2 Å². The molecular weight excluding hydrogens is 234 g/mol. The summed E-state index contributed by atoms with van der Waals surface area (Å²) in [5.41, 5.74) is 0.432. The molecule has 0 fully saturated rings. The number of ether oxygens (including phenoxy) is 1. The Hall–Kier alpha value is -1.76. The van der Waals surface area contributed by atoms with Gasteiger partial charge in [-0.05, 0) is 18.6 Å². The van der Waals surface area contributed by atoms with Gasteiger partial charge in [-0.2, -0.15) is 8.78 Å². The molecule has 1 aromatic rings. The molecule has 0 saturated heterocycles. The second-order valence-corrected chi connectivity index (χ2v) is 3.17. The van der Waals surface area contributed by atoms with Gasteiger partial charge in [-0.1, -0.05) is 0 Å². The fourth-order valence-electron chi connectivity index (χ4n) is 1.21. The Morgan fingerprint density at radius 1 is 1.53 bits per heavy atom. The molecule has 1 rings (SSSR count). The molecule has 0 atom stereocenters. The number of alkyl halides is 2. The van der Waals surface area contributed by atoms with Gasteiger partial charge in [0.25, 0.3) is 5.91 Å². The van der Waals surface area contributed by atoms with Gasteiger partial charge in [-0.25, -0.2) is 10.0 Å². The molecule has 0 bridgehead atoms. The van der Waals surface area contributed by atoms with Crippen molar-refractivity contribution >= 4 is 5.91 Å². The SMILES string of the molecule is CON(C)C(=O)c1c(C)ccnc1OC(F)F. The summed E-state index contributed by atoms with van der Waals surface area (Å²) in [4.78, 5) is 20.1. The Morgan fingerprint density at radius 2 is 2.18 bits per heavy atom. The van der Waals surface area contributed by atoms with Gasteiger partial charge in [-0.3, -0.25) is 9.63 Å². The lowest BCUT2D eigenvalue weighted by Gasteiger charge is -2.17. The van der Waals surface area contributed by atoms with E-state index in [2.05, 4.69) is 9.72 Å². The number of hydrogen-bond acceptors (Lipinski definition) is 4. The highest BCUT2D eigenvalue weighted by Crippen LogP contribution is 2.22. The van der Waals surface area contributed by atoms with Gasteiger partial charge in [0.2, 0.25) is 5.88 Å². The first-order chi connectivity index (χ1) is 7.97. The lowest BCUT2D eigenvalue weighted by atomic mass is 10.1. The van der Waals surface area contributed by atoms with Gasteiger partial charge in [0.1, 0.15) is 5.56 Å². The van der Waals surface area contributed by atoms with E-state index in [4.69, 9.17) is 4.84 Å². The van der Waals surface area contributed by atoms with Crippen molar-refractivity contribution < 1.29 is 23.1 Å². The Kier molecular flexibility index (Phi) is 4.33. The van der Waals surface area contributed by atoms with Crippen LogP contribution >= 0.6 is 0 Å². The summed E-state index contributed by atoms with van der Waals surface area (Å²) >= 11 is 0. The summed E-state index contributed by atoms with van der Waals surface area (Å²) in [5.74, 6) is -1.01. The first kappa shape index (κ1) is 13.3. The molecule has 1 heterocycles. The van der Waals surface area contributed by atoms with Crippen LogP contribution in [0.1, 0.15) is 15.9 Å². The van der Waals surface area contributed by atoms with E-state index in [1.807, 2.05) is 0 Å². The minimum atomic E-state index is -3.04. The van der Waals surface area contributed by atoms with Crippen molar-refractivity contribution in [2.24, 2.45) is 0 Å². The molecule has 0 aliphatic rings. The largest absolute Gasteiger partial charge is 0.416 e. The summed E-state index contributed by atoms with van der Waals surface area (Å²) in [6.45, 7) is -1.44. The number of aryl methyl sites for hydroxylation is 1. The van der Waals surface area contributed by atoms with Gasteiger partial charge >= 0.3 is 6.61 Å². The van der Waals surface area contributed by atoms with Crippen LogP contribution in [0, 0.1) is 6.92 Å². The van der Waals surface area contributed by atoms with Crippen LogP contribution in [0.25, 0.3) is 0 Å². The number of amides is 1. The van der Waals surface area contributed by atoms with Crippen molar-refractivity contribution in [3.8, 4) is 5.88 Å². The normalized spacial score (nSPS) is 10.5. The van der Waals surface area contributed by atoms with Gasteiger partial charge in [0.15, 0.2) is 0 Å². The second-order valence-electron chi connectivity index (χ2n) is 3.17. The fourth-order valence-corrected chi connectivity index (χ4v) is 1.21. The average molecular weight is 246 g/mol. The summed E-state index contributed by atoms with van der Waals surface area (Å²) in [5, 5.41) is 0.905. The maximum absolute atomic E-state index is 12.2. The summed E-state index contributed by atoms with van der Waals surface area (Å²) in [7, 11) is 2.65. The quantitative estimate of drug-likeness (QED) is 0.757. The first-order valence-corrected chi connectivity index (χ1v) is 4.70. The van der Waals surface area contributed by atoms with E-state index in [1.165, 1.54) is 26.4 Å². The average Bonchev–Trinajstić information content (AvgIpc) is 2.26. The Bertz CT molecular complexity index is 413. The van der Waals surface area contributed by atoms with Crippen LogP contribution in [-0.4, -0.2) is 36.7 Å². The molecule has 94 valence electrons. The fraction of sp³-hybridized carbons (Fsp3) is 0.400. The molecule has 1 amide bonds. The van der Waals surface area contributed by atoms with Crippen LogP contribution in [0.15, 0.2) is 12.3 Å². The van der Waals surface area contributed by atoms with E-state index in [1.54, 1.807) is 6.92 Å². The maximum atomic E-state index is 12.2. The van der Waals surface area contributed by atoms with E-state index in [9.17, 15) is 13.6 Å². The molecule has 0 spiro atoms. The monoisotopic (exact) mass is 246 g/mol. The van der Waals surface area contributed by atoms with Crippen molar-refractivity contribution in [3.05, 3.63) is 23.4 Å². The highest BCUT2D eigenvalue weighted by molar-refractivity contribution is 5.97. The van der Waals surface area contributed by atoms with E-state index in [0.717, 1.165) is 5.06 Å². The van der Waals surface area contributed by atoms with Crippen LogP contribution in [0.5, 0.6) is 5.88 Å². The molecule has 17 heavy (non-hydrogen) atoms. The smallest absolute Gasteiger partial charge is 0.388 e. The van der Waals surface area contributed by atoms with Gasteiger partial charge in [0.05, 0.1) is 7.11 Å². The molecule has 0 radical (unpaired) electrons. The number of pyridine rings is 1. The molecule has 0 N–H and O–H groups in total. The third-order valence-electron chi connectivity index (χ3n) is 2.10. The zero-order valence-electron chi connectivity index (χ0n) is 9.61. The van der Waals surface area contributed by atoms with Crippen molar-refractivity contribution in [3.63, 3.8) is 0 Å². The molecule has 0 aromatic carbocycles. The number of hydrogen-bond donors (Lipinski definition) is 0. The molecule has 7 heteroatoms. The van der Waals surface area contributed by atoms with Crippen LogP contribution in [0.3, 0.4) is 0 Å². The lowest BCUT2D eigenvalue weighted by molar-refractivity contribution is -0.0775. The number of carbonyl (C=O) groups excluding carboxylic acids is 1. The van der Waals surface area contributed by atoms with E-state index in [-0.39, 0.29) is 5.56 Å². The van der Waals surface area contributed by atoms with Crippen molar-refractivity contribution in [1.82, 2.24) is 10.0 Å². The third-order valence-corrected chi connectivity index (χ3v) is 2.10. The van der Waals surface area contributed by atoms with Gasteiger partial charge in [0, 0.05) is 13.2 Å². The lowest BCUT2D eigenvalue weighted by Crippen LogP contribution is -2.27. The zero-order chi connectivity index (χ0) is 13.0. The highest BCUT2D eigenvalue weighted by Gasteiger charge is 2.22. The number of hydroxylamine groups is 2. The number of halogens is 2. The summed E-state index contributed by atoms with van der Waals surface area (Å²) < 4.78 is 28.5. The van der Waals surface area contributed by atoms with Crippen molar-refractivity contribution in [1.29, 1.82) is 0 Å². The number of nitrogens with zero attached hydrogens (tertiary/aromatic N) is 2. The predicted molar refractivity (Wildman–Crippen MR) is 54.7 cm³/mol. The molecule has 5 nitrogen and oxygen atoms in total. The van der Waals surface area contributed by atoms with E-state index >= 15 is 0 Å². The van der Waals surface area contributed by atoms with Gasteiger partial charge < -0.3 is 4.74 Å². The van der Waals surface area contributed by atoms with E-state index in [0.29, 0.717) is 5.56 Å². The number of carbonyl (C=O) groups is 1. The molecule has 0 aliphatic carbocycles. The number of aromatic nitrogens is 1. The molecule has 1 aromatic heterocycles. The van der Waals surface area contributed by atoms with Crippen LogP contribution in [-0.2, 0) is 4.84 Å². The zero-order valence-corrected chi connectivity index (χ0v) is 9.61. The Balaban J connectivity index is 3.15. The third kappa shape index (κ3) is 3.10. The Labute approximate surface area is 96.9 Å². The van der Waals surface area contributed by atoms with Crippen LogP contribution in [0.4, 0.5) is 8.78 Å². The second kappa shape index (κ2) is 5.53. The first-order valence-electron chi connectivity index (χ1n) is 4.70. The predicted octanol–water partition coefficient (Wildman–Crippen LogP) is 1.62. The summed E-state index contributed by atoms with van der Waals surface area (Å²) in [6.07, 6.45) is 1.29. The minimum absolute atomic E-state index is 0.0443. The molecule has 0 unspecified atom stereocenters. The maximum Gasteiger partial charge on any atom is 0.388 e. The number of rotatable bonds is 4. The summed E-state index contributed by atoms with van der Waals surface area (Å²) in [6, 6.07) is 1.52. The molecule has 0 saturated carbocycles. The molecule has 0 aliphatic heterocycles. The highest BCUT2D eigenvalue weighted by atomic mass is 19.3. The molecular formula is C10H12F2N2O3. The minimum Gasteiger partial charge on any atom is -0.416 e. The van der Waals surface area contributed by atoms with Gasteiger partial charge in [-0.15, -0.1) is 0 Å². The van der Waals surface area contributed by atoms with E-state index < -0.39 is 18.4 Å². The van der Waals surface area contributed by atoms with Crippen LogP contribution in [0.2, 0.25) is 0 Å². The topological polar surface area (TPSA) is 51.7 Å². The van der Waals surface area contributed by atoms with Crippen molar-refractivity contribution in [2.45, 2.75) is 13.5 Å². The Morgan fingerprint density at radius 3 is 2.71 bits per heavy atom.